The smallest absolute Gasteiger partial charge is 0.475 e. The van der Waals surface area contributed by atoms with Gasteiger partial charge in [-0.15, -0.1) is 0 Å². The van der Waals surface area contributed by atoms with E-state index in [4.69, 9.17) is 13.6 Å². The molecule has 0 bridgehead atoms. The van der Waals surface area contributed by atoms with Crippen molar-refractivity contribution in [2.24, 2.45) is 0 Å². The summed E-state index contributed by atoms with van der Waals surface area (Å²) in [6, 6.07) is 24.8. The number of aromatic carboxylic acids is 1. The van der Waals surface area contributed by atoms with Crippen LogP contribution in [0.4, 0.5) is 0 Å². The number of benzene rings is 3. The van der Waals surface area contributed by atoms with Gasteiger partial charge in [-0.25, -0.2) is 9.36 Å². The van der Waals surface area contributed by atoms with Crippen LogP contribution in [0.25, 0.3) is 0 Å². The van der Waals surface area contributed by atoms with Crippen molar-refractivity contribution in [3.05, 3.63) is 107 Å². The number of hydrogen-bond acceptors (Lipinski definition) is 5. The first-order valence-electron chi connectivity index (χ1n) is 8.98. The number of hydrogen-bond donors (Lipinski definition) is 1. The first-order valence-corrected chi connectivity index (χ1v) is 10.4. The Balaban J connectivity index is 1.72. The van der Waals surface area contributed by atoms with Crippen molar-refractivity contribution < 1.29 is 28.0 Å². The average Bonchev–Trinajstić information content (AvgIpc) is 2.77. The zero-order valence-electron chi connectivity index (χ0n) is 15.6. The molecule has 0 saturated carbocycles. The summed E-state index contributed by atoms with van der Waals surface area (Å²) < 4.78 is 29.7. The van der Waals surface area contributed by atoms with E-state index < -0.39 is 13.8 Å². The molecule has 0 saturated heterocycles. The van der Waals surface area contributed by atoms with Crippen molar-refractivity contribution in [1.29, 1.82) is 0 Å². The SMILES string of the molecule is O=C(O)c1ccccc1COP(=O)(OCc1ccccc1)OCc1ccccc1. The van der Waals surface area contributed by atoms with Gasteiger partial charge in [-0.05, 0) is 22.8 Å². The second-order valence-electron chi connectivity index (χ2n) is 6.20. The second kappa shape index (κ2) is 10.1. The fourth-order valence-electron chi connectivity index (χ4n) is 2.57. The maximum absolute atomic E-state index is 13.2. The molecule has 0 heterocycles. The molecule has 0 amide bonds. The monoisotopic (exact) mass is 412 g/mol. The fourth-order valence-corrected chi connectivity index (χ4v) is 3.71. The Labute approximate surface area is 169 Å². The van der Waals surface area contributed by atoms with E-state index in [1.807, 2.05) is 60.7 Å². The molecule has 0 fully saturated rings. The lowest BCUT2D eigenvalue weighted by Gasteiger charge is -2.19. The lowest BCUT2D eigenvalue weighted by molar-refractivity contribution is 0.0687. The first-order chi connectivity index (χ1) is 14.1. The molecule has 7 heteroatoms. The summed E-state index contributed by atoms with van der Waals surface area (Å²) in [7, 11) is -3.96. The maximum Gasteiger partial charge on any atom is 0.475 e. The van der Waals surface area contributed by atoms with Gasteiger partial charge in [0.15, 0.2) is 0 Å². The maximum atomic E-state index is 13.2. The molecule has 6 nitrogen and oxygen atoms in total. The van der Waals surface area contributed by atoms with Crippen molar-refractivity contribution in [2.45, 2.75) is 19.8 Å². The van der Waals surface area contributed by atoms with Crippen LogP contribution in [0, 0.1) is 0 Å². The summed E-state index contributed by atoms with van der Waals surface area (Å²) in [6.45, 7) is -0.149. The van der Waals surface area contributed by atoms with E-state index >= 15 is 0 Å². The number of rotatable bonds is 10. The van der Waals surface area contributed by atoms with Gasteiger partial charge in [0.25, 0.3) is 0 Å². The van der Waals surface area contributed by atoms with Gasteiger partial charge in [-0.1, -0.05) is 78.9 Å². The van der Waals surface area contributed by atoms with Crippen LogP contribution in [0.5, 0.6) is 0 Å². The molecule has 3 aromatic rings. The lowest BCUT2D eigenvalue weighted by Crippen LogP contribution is -2.06. The van der Waals surface area contributed by atoms with Crippen molar-refractivity contribution in [3.63, 3.8) is 0 Å². The Morgan fingerprint density at radius 3 is 1.66 bits per heavy atom. The lowest BCUT2D eigenvalue weighted by atomic mass is 10.1. The summed E-state index contributed by atoms with van der Waals surface area (Å²) in [5, 5.41) is 9.31. The third-order valence-electron chi connectivity index (χ3n) is 4.09. The van der Waals surface area contributed by atoms with Gasteiger partial charge >= 0.3 is 13.8 Å². The van der Waals surface area contributed by atoms with Crippen LogP contribution in [0.2, 0.25) is 0 Å². The summed E-state index contributed by atoms with van der Waals surface area (Å²) in [5.74, 6) is -1.09. The first kappa shape index (κ1) is 21.0. The van der Waals surface area contributed by atoms with Gasteiger partial charge in [0.1, 0.15) is 0 Å². The highest BCUT2D eigenvalue weighted by molar-refractivity contribution is 7.48. The number of phosphoric acid groups is 1. The third kappa shape index (κ3) is 6.38. The van der Waals surface area contributed by atoms with E-state index in [0.717, 1.165) is 11.1 Å². The predicted octanol–water partition coefficient (Wildman–Crippen LogP) is 5.44. The molecule has 0 aliphatic carbocycles. The molecular formula is C22H21O6P. The minimum atomic E-state index is -3.96. The van der Waals surface area contributed by atoms with E-state index in [0.29, 0.717) is 5.56 Å². The van der Waals surface area contributed by atoms with Crippen LogP contribution in [-0.2, 0) is 38.0 Å². The largest absolute Gasteiger partial charge is 0.478 e. The summed E-state index contributed by atoms with van der Waals surface area (Å²) >= 11 is 0. The van der Waals surface area contributed by atoms with Crippen LogP contribution in [0.15, 0.2) is 84.9 Å². The van der Waals surface area contributed by atoms with Gasteiger partial charge < -0.3 is 5.11 Å². The van der Waals surface area contributed by atoms with Gasteiger partial charge in [0.2, 0.25) is 0 Å². The van der Waals surface area contributed by atoms with E-state index in [2.05, 4.69) is 0 Å². The minimum absolute atomic E-state index is 0.0352. The van der Waals surface area contributed by atoms with E-state index in [1.54, 1.807) is 18.2 Å². The molecule has 3 aromatic carbocycles. The van der Waals surface area contributed by atoms with Gasteiger partial charge in [0, 0.05) is 0 Å². The Bertz CT molecular complexity index is 927. The van der Waals surface area contributed by atoms with Gasteiger partial charge in [-0.2, -0.15) is 0 Å². The van der Waals surface area contributed by atoms with Crippen LogP contribution in [-0.4, -0.2) is 11.1 Å². The zero-order valence-corrected chi connectivity index (χ0v) is 16.5. The molecule has 1 N–H and O–H groups in total. The quantitative estimate of drug-likeness (QED) is 0.447. The standard InChI is InChI=1S/C22H21O6P/c23-22(24)21-14-8-7-13-20(21)17-28-29(25,26-15-18-9-3-1-4-10-18)27-16-19-11-5-2-6-12-19/h1-14H,15-17H2,(H,23,24). The molecular weight excluding hydrogens is 391 g/mol. The highest BCUT2D eigenvalue weighted by Gasteiger charge is 2.28. The summed E-state index contributed by atoms with van der Waals surface area (Å²) in [5.41, 5.74) is 2.08. The highest BCUT2D eigenvalue weighted by atomic mass is 31.2. The fraction of sp³-hybridized carbons (Fsp3) is 0.136. The van der Waals surface area contributed by atoms with Crippen molar-refractivity contribution in [3.8, 4) is 0 Å². The van der Waals surface area contributed by atoms with Crippen molar-refractivity contribution in [1.82, 2.24) is 0 Å². The molecule has 0 atom stereocenters. The van der Waals surface area contributed by atoms with Crippen molar-refractivity contribution >= 4 is 13.8 Å². The van der Waals surface area contributed by atoms with Gasteiger partial charge in [0.05, 0.1) is 25.4 Å². The van der Waals surface area contributed by atoms with E-state index in [1.165, 1.54) is 6.07 Å². The topological polar surface area (TPSA) is 82.1 Å². The Hall–Kier alpha value is -2.76. The Morgan fingerprint density at radius 1 is 0.690 bits per heavy atom. The zero-order chi connectivity index (χ0) is 20.5. The number of carboxylic acids is 1. The molecule has 150 valence electrons. The Morgan fingerprint density at radius 2 is 1.14 bits per heavy atom. The molecule has 0 unspecified atom stereocenters. The van der Waals surface area contributed by atoms with Crippen LogP contribution in [0.3, 0.4) is 0 Å². The minimum Gasteiger partial charge on any atom is -0.478 e. The molecule has 0 aliphatic rings. The molecule has 3 rings (SSSR count). The number of phosphoric ester groups is 1. The average molecular weight is 412 g/mol. The molecule has 29 heavy (non-hydrogen) atoms. The normalized spacial score (nSPS) is 11.3. The third-order valence-corrected chi connectivity index (χ3v) is 5.43. The van der Waals surface area contributed by atoms with Crippen LogP contribution >= 0.6 is 7.82 Å². The predicted molar refractivity (Wildman–Crippen MR) is 108 cm³/mol. The van der Waals surface area contributed by atoms with Crippen LogP contribution < -0.4 is 0 Å². The molecule has 0 spiro atoms. The van der Waals surface area contributed by atoms with Crippen molar-refractivity contribution in [2.75, 3.05) is 0 Å². The van der Waals surface area contributed by atoms with E-state index in [9.17, 15) is 14.5 Å². The van der Waals surface area contributed by atoms with Gasteiger partial charge in [-0.3, -0.25) is 13.6 Å². The number of carboxylic acid groups (broad SMARTS) is 1. The molecule has 0 aromatic heterocycles. The summed E-state index contributed by atoms with van der Waals surface area (Å²) in [4.78, 5) is 11.4. The van der Waals surface area contributed by atoms with E-state index in [-0.39, 0.29) is 25.4 Å². The second-order valence-corrected chi connectivity index (χ2v) is 7.87. The highest BCUT2D eigenvalue weighted by Crippen LogP contribution is 2.51. The molecule has 0 radical (unpaired) electrons. The summed E-state index contributed by atoms with van der Waals surface area (Å²) in [6.07, 6.45) is 0. The number of carbonyl (C=O) groups is 1. The molecule has 0 aliphatic heterocycles. The van der Waals surface area contributed by atoms with Crippen LogP contribution in [0.1, 0.15) is 27.0 Å². The Kier molecular flexibility index (Phi) is 7.33.